The molecule has 4 aromatic rings. The highest BCUT2D eigenvalue weighted by molar-refractivity contribution is 7.98. The minimum atomic E-state index is -0.269. The highest BCUT2D eigenvalue weighted by atomic mass is 32.2. The van der Waals surface area contributed by atoms with Gasteiger partial charge in [0.15, 0.2) is 5.65 Å². The highest BCUT2D eigenvalue weighted by Gasteiger charge is 2.12. The van der Waals surface area contributed by atoms with Crippen molar-refractivity contribution in [1.29, 1.82) is 5.26 Å². The molecule has 9 nitrogen and oxygen atoms in total. The lowest BCUT2D eigenvalue weighted by molar-refractivity contribution is 0.753. The predicted molar refractivity (Wildman–Crippen MR) is 108 cm³/mol. The van der Waals surface area contributed by atoms with E-state index in [2.05, 4.69) is 44.7 Å². The standard InChI is InChI=1S/C19H18N8OS/c1-2-3-4-13-5-7-16(8-6-13)26-19(23-24-25-26)29-12-15-9-17(28)27-18(22-15)14(10-20)11-21-27/h5-9,11,21H,2-4,12H2,1H3. The van der Waals surface area contributed by atoms with Crippen molar-refractivity contribution >= 4 is 17.4 Å². The largest absolute Gasteiger partial charge is 0.295 e. The van der Waals surface area contributed by atoms with Crippen molar-refractivity contribution in [2.45, 2.75) is 37.1 Å². The van der Waals surface area contributed by atoms with E-state index in [9.17, 15) is 4.79 Å². The highest BCUT2D eigenvalue weighted by Crippen LogP contribution is 2.22. The molecule has 0 saturated carbocycles. The molecule has 29 heavy (non-hydrogen) atoms. The number of thioether (sulfide) groups is 1. The summed E-state index contributed by atoms with van der Waals surface area (Å²) in [7, 11) is 0. The van der Waals surface area contributed by atoms with E-state index in [1.165, 1.54) is 34.1 Å². The second kappa shape index (κ2) is 8.28. The van der Waals surface area contributed by atoms with E-state index in [4.69, 9.17) is 5.26 Å². The Bertz CT molecular complexity index is 1230. The van der Waals surface area contributed by atoms with Crippen molar-refractivity contribution in [3.8, 4) is 11.8 Å². The number of H-pyrrole nitrogens is 1. The first-order chi connectivity index (χ1) is 14.2. The van der Waals surface area contributed by atoms with Crippen molar-refractivity contribution in [1.82, 2.24) is 34.8 Å². The molecule has 3 heterocycles. The molecule has 0 aliphatic carbocycles. The molecular weight excluding hydrogens is 388 g/mol. The number of nitrogens with one attached hydrogen (secondary N) is 1. The molecule has 0 bridgehead atoms. The number of aryl methyl sites for hydroxylation is 1. The topological polar surface area (TPSA) is 118 Å². The summed E-state index contributed by atoms with van der Waals surface area (Å²) in [5, 5.41) is 24.4. The van der Waals surface area contributed by atoms with Crippen LogP contribution in [0, 0.1) is 11.3 Å². The summed E-state index contributed by atoms with van der Waals surface area (Å²) in [4.78, 5) is 16.6. The third-order valence-corrected chi connectivity index (χ3v) is 5.41. The van der Waals surface area contributed by atoms with Crippen LogP contribution in [0.15, 0.2) is 46.5 Å². The van der Waals surface area contributed by atoms with Crippen molar-refractivity contribution in [3.05, 3.63) is 63.7 Å². The fourth-order valence-electron chi connectivity index (χ4n) is 2.94. The van der Waals surface area contributed by atoms with Crippen LogP contribution < -0.4 is 5.56 Å². The summed E-state index contributed by atoms with van der Waals surface area (Å²) in [6, 6.07) is 11.6. The van der Waals surface area contributed by atoms with Gasteiger partial charge < -0.3 is 0 Å². The number of unbranched alkanes of at least 4 members (excludes halogenated alkanes) is 1. The summed E-state index contributed by atoms with van der Waals surface area (Å²) in [5.74, 6) is 0.400. The maximum Gasteiger partial charge on any atom is 0.272 e. The molecule has 0 amide bonds. The molecule has 1 aromatic carbocycles. The summed E-state index contributed by atoms with van der Waals surface area (Å²) in [6.45, 7) is 2.18. The lowest BCUT2D eigenvalue weighted by Gasteiger charge is -2.06. The van der Waals surface area contributed by atoms with E-state index >= 15 is 0 Å². The predicted octanol–water partition coefficient (Wildman–Crippen LogP) is 2.50. The van der Waals surface area contributed by atoms with Crippen molar-refractivity contribution in [2.24, 2.45) is 0 Å². The maximum absolute atomic E-state index is 12.2. The van der Waals surface area contributed by atoms with Gasteiger partial charge in [0.25, 0.3) is 5.56 Å². The first-order valence-electron chi connectivity index (χ1n) is 9.20. The Morgan fingerprint density at radius 3 is 2.86 bits per heavy atom. The monoisotopic (exact) mass is 406 g/mol. The fourth-order valence-corrected chi connectivity index (χ4v) is 3.72. The molecule has 0 saturated heterocycles. The molecule has 4 rings (SSSR count). The fraction of sp³-hybridized carbons (Fsp3) is 0.263. The van der Waals surface area contributed by atoms with Gasteiger partial charge in [-0.25, -0.2) is 9.50 Å². The average molecular weight is 406 g/mol. The summed E-state index contributed by atoms with van der Waals surface area (Å²) in [5.41, 5.74) is 3.09. The first-order valence-corrected chi connectivity index (χ1v) is 10.2. The van der Waals surface area contributed by atoms with Gasteiger partial charge in [-0.05, 0) is 41.0 Å². The molecule has 0 atom stereocenters. The summed E-state index contributed by atoms with van der Waals surface area (Å²) < 4.78 is 2.91. The van der Waals surface area contributed by atoms with E-state index < -0.39 is 0 Å². The number of hydrogen-bond acceptors (Lipinski definition) is 7. The van der Waals surface area contributed by atoms with Gasteiger partial charge >= 0.3 is 0 Å². The van der Waals surface area contributed by atoms with Crippen LogP contribution in [-0.2, 0) is 12.2 Å². The Morgan fingerprint density at radius 1 is 1.28 bits per heavy atom. The molecule has 10 heteroatoms. The van der Waals surface area contributed by atoms with Crippen molar-refractivity contribution < 1.29 is 0 Å². The molecular formula is C19H18N8OS. The minimum absolute atomic E-state index is 0.269. The van der Waals surface area contributed by atoms with Gasteiger partial charge in [0.1, 0.15) is 11.6 Å². The lowest BCUT2D eigenvalue weighted by atomic mass is 10.1. The van der Waals surface area contributed by atoms with Crippen LogP contribution in [-0.4, -0.2) is 34.8 Å². The number of benzene rings is 1. The molecule has 3 aromatic heterocycles. The van der Waals surface area contributed by atoms with E-state index in [1.54, 1.807) is 4.68 Å². The average Bonchev–Trinajstić information content (AvgIpc) is 3.38. The third kappa shape index (κ3) is 3.90. The number of fused-ring (bicyclic) bond motifs is 1. The second-order valence-electron chi connectivity index (χ2n) is 6.48. The Balaban J connectivity index is 1.53. The molecule has 1 N–H and O–H groups in total. The molecule has 0 fully saturated rings. The van der Waals surface area contributed by atoms with Crippen LogP contribution in [0.1, 0.15) is 36.6 Å². The molecule has 146 valence electrons. The van der Waals surface area contributed by atoms with E-state index in [1.807, 2.05) is 18.2 Å². The summed E-state index contributed by atoms with van der Waals surface area (Å²) >= 11 is 1.38. The van der Waals surface area contributed by atoms with Gasteiger partial charge in [-0.15, -0.1) is 5.10 Å². The van der Waals surface area contributed by atoms with Gasteiger partial charge in [-0.1, -0.05) is 37.2 Å². The summed E-state index contributed by atoms with van der Waals surface area (Å²) in [6.07, 6.45) is 4.85. The SMILES string of the molecule is CCCCc1ccc(-n2nnnc2SCc2cc(=O)n3[nH]cc(C#N)c3n2)cc1. The second-order valence-corrected chi connectivity index (χ2v) is 7.42. The Kier molecular flexibility index (Phi) is 5.39. The first kappa shape index (κ1) is 18.9. The number of aromatic nitrogens is 7. The quantitative estimate of drug-likeness (QED) is 0.469. The normalized spacial score (nSPS) is 11.0. The molecule has 0 aliphatic rings. The van der Waals surface area contributed by atoms with Crippen LogP contribution in [0.3, 0.4) is 0 Å². The Labute approximate surface area is 170 Å². The van der Waals surface area contributed by atoms with Crippen LogP contribution in [0.25, 0.3) is 11.3 Å². The third-order valence-electron chi connectivity index (χ3n) is 4.46. The van der Waals surface area contributed by atoms with Gasteiger partial charge in [-0.2, -0.15) is 9.94 Å². The van der Waals surface area contributed by atoms with Crippen LogP contribution in [0.4, 0.5) is 0 Å². The van der Waals surface area contributed by atoms with Crippen molar-refractivity contribution in [2.75, 3.05) is 0 Å². The smallest absolute Gasteiger partial charge is 0.272 e. The number of aromatic amines is 1. The van der Waals surface area contributed by atoms with E-state index in [0.717, 1.165) is 24.9 Å². The zero-order valence-electron chi connectivity index (χ0n) is 15.7. The number of nitrogens with zero attached hydrogens (tertiary/aromatic N) is 7. The Hall–Kier alpha value is -3.45. The van der Waals surface area contributed by atoms with Gasteiger partial charge in [0.2, 0.25) is 5.16 Å². The van der Waals surface area contributed by atoms with Crippen LogP contribution >= 0.6 is 11.8 Å². The van der Waals surface area contributed by atoms with Crippen molar-refractivity contribution in [3.63, 3.8) is 0 Å². The number of rotatable bonds is 7. The minimum Gasteiger partial charge on any atom is -0.295 e. The zero-order chi connectivity index (χ0) is 20.2. The van der Waals surface area contributed by atoms with Gasteiger partial charge in [0, 0.05) is 18.0 Å². The zero-order valence-corrected chi connectivity index (χ0v) is 16.6. The lowest BCUT2D eigenvalue weighted by Crippen LogP contribution is -2.15. The number of tetrazole rings is 1. The van der Waals surface area contributed by atoms with Gasteiger partial charge in [0.05, 0.1) is 11.4 Å². The Morgan fingerprint density at radius 2 is 2.10 bits per heavy atom. The maximum atomic E-state index is 12.2. The van der Waals surface area contributed by atoms with Gasteiger partial charge in [-0.3, -0.25) is 9.89 Å². The van der Waals surface area contributed by atoms with E-state index in [-0.39, 0.29) is 5.56 Å². The molecule has 0 aliphatic heterocycles. The molecule has 0 radical (unpaired) electrons. The number of hydrogen-bond donors (Lipinski definition) is 1. The van der Waals surface area contributed by atoms with Crippen LogP contribution in [0.2, 0.25) is 0 Å². The van der Waals surface area contributed by atoms with Crippen LogP contribution in [0.5, 0.6) is 0 Å². The van der Waals surface area contributed by atoms with E-state index in [0.29, 0.717) is 27.8 Å². The number of nitriles is 1. The molecule has 0 unspecified atom stereocenters. The molecule has 0 spiro atoms.